The molecule has 2 rings (SSSR count). The molecule has 0 fully saturated rings. The number of halogens is 1. The molecule has 5 nitrogen and oxygen atoms in total. The fourth-order valence-corrected chi connectivity index (χ4v) is 1.79. The van der Waals surface area contributed by atoms with E-state index in [1.165, 1.54) is 29.0 Å². The highest BCUT2D eigenvalue weighted by Gasteiger charge is 2.06. The van der Waals surface area contributed by atoms with Crippen molar-refractivity contribution in [2.24, 2.45) is 0 Å². The van der Waals surface area contributed by atoms with Gasteiger partial charge in [0.1, 0.15) is 5.82 Å². The molecule has 2 N–H and O–H groups in total. The number of nitrogens with zero attached hydrogens (tertiary/aromatic N) is 2. The van der Waals surface area contributed by atoms with Crippen molar-refractivity contribution in [1.82, 2.24) is 9.13 Å². The van der Waals surface area contributed by atoms with E-state index in [9.17, 15) is 14.0 Å². The van der Waals surface area contributed by atoms with Crippen LogP contribution in [0.15, 0.2) is 40.1 Å². The first kappa shape index (κ1) is 13.1. The molecule has 0 aliphatic carbocycles. The molecule has 0 aliphatic rings. The first-order valence-corrected chi connectivity index (χ1v) is 5.87. The van der Waals surface area contributed by atoms with Gasteiger partial charge in [0.2, 0.25) is 0 Å². The summed E-state index contributed by atoms with van der Waals surface area (Å²) in [6, 6.07) is 5.55. The average molecular weight is 263 g/mol. The highest BCUT2D eigenvalue weighted by molar-refractivity contribution is 5.41. The molecule has 0 saturated carbocycles. The lowest BCUT2D eigenvalue weighted by atomic mass is 10.2. The van der Waals surface area contributed by atoms with Crippen molar-refractivity contribution in [3.05, 3.63) is 62.7 Å². The second-order valence-electron chi connectivity index (χ2n) is 4.16. The Morgan fingerprint density at radius 2 is 2.00 bits per heavy atom. The Morgan fingerprint density at radius 3 is 2.63 bits per heavy atom. The quantitative estimate of drug-likeness (QED) is 0.833. The Kier molecular flexibility index (Phi) is 3.50. The molecule has 1 aromatic heterocycles. The highest BCUT2D eigenvalue weighted by atomic mass is 19.1. The summed E-state index contributed by atoms with van der Waals surface area (Å²) in [5.41, 5.74) is 5.11. The van der Waals surface area contributed by atoms with Gasteiger partial charge in [-0.3, -0.25) is 9.36 Å². The third-order valence-electron chi connectivity index (χ3n) is 2.89. The van der Waals surface area contributed by atoms with E-state index in [4.69, 9.17) is 5.73 Å². The molecule has 100 valence electrons. The zero-order valence-electron chi connectivity index (χ0n) is 10.5. The predicted molar refractivity (Wildman–Crippen MR) is 70.6 cm³/mol. The van der Waals surface area contributed by atoms with Crippen molar-refractivity contribution in [3.63, 3.8) is 0 Å². The number of nitrogens with two attached hydrogens (primary N) is 1. The van der Waals surface area contributed by atoms with Gasteiger partial charge in [0.05, 0.1) is 12.2 Å². The molecule has 0 amide bonds. The summed E-state index contributed by atoms with van der Waals surface area (Å²) < 4.78 is 15.8. The second kappa shape index (κ2) is 5.09. The van der Waals surface area contributed by atoms with Gasteiger partial charge in [0, 0.05) is 18.8 Å². The summed E-state index contributed by atoms with van der Waals surface area (Å²) >= 11 is 0. The van der Waals surface area contributed by atoms with Crippen LogP contribution < -0.4 is 17.0 Å². The topological polar surface area (TPSA) is 70.0 Å². The Balaban J connectivity index is 2.46. The third-order valence-corrected chi connectivity index (χ3v) is 2.89. The number of hydrogen-bond acceptors (Lipinski definition) is 3. The standard InChI is InChI=1S/C13H14FN3O2/c1-2-16-6-5-12(18)17(13(16)19)8-9-3-4-11(15)10(14)7-9/h3-7H,2,8,15H2,1H3. The van der Waals surface area contributed by atoms with Gasteiger partial charge in [-0.2, -0.15) is 0 Å². The normalized spacial score (nSPS) is 10.6. The molecule has 1 heterocycles. The second-order valence-corrected chi connectivity index (χ2v) is 4.16. The van der Waals surface area contributed by atoms with E-state index in [0.717, 1.165) is 4.57 Å². The van der Waals surface area contributed by atoms with Gasteiger partial charge in [0.15, 0.2) is 0 Å². The van der Waals surface area contributed by atoms with E-state index in [2.05, 4.69) is 0 Å². The van der Waals surface area contributed by atoms with E-state index in [0.29, 0.717) is 12.1 Å². The van der Waals surface area contributed by atoms with Crippen LogP contribution in [0.3, 0.4) is 0 Å². The molecule has 0 radical (unpaired) electrons. The van der Waals surface area contributed by atoms with Crippen LogP contribution in [0.1, 0.15) is 12.5 Å². The summed E-state index contributed by atoms with van der Waals surface area (Å²) in [6.45, 7) is 2.30. The Labute approximate surface area is 108 Å². The van der Waals surface area contributed by atoms with E-state index in [1.807, 2.05) is 0 Å². The number of aromatic nitrogens is 2. The number of hydrogen-bond donors (Lipinski definition) is 1. The van der Waals surface area contributed by atoms with Crippen molar-refractivity contribution < 1.29 is 4.39 Å². The highest BCUT2D eigenvalue weighted by Crippen LogP contribution is 2.12. The first-order chi connectivity index (χ1) is 9.02. The van der Waals surface area contributed by atoms with Crippen LogP contribution in [-0.4, -0.2) is 9.13 Å². The van der Waals surface area contributed by atoms with Gasteiger partial charge in [-0.05, 0) is 24.6 Å². The molecule has 0 aliphatic heterocycles. The Morgan fingerprint density at radius 1 is 1.26 bits per heavy atom. The molecule has 0 saturated heterocycles. The van der Waals surface area contributed by atoms with E-state index >= 15 is 0 Å². The fraction of sp³-hybridized carbons (Fsp3) is 0.231. The minimum Gasteiger partial charge on any atom is -0.396 e. The zero-order valence-corrected chi connectivity index (χ0v) is 10.5. The Bertz CT molecular complexity index is 719. The number of benzene rings is 1. The summed E-state index contributed by atoms with van der Waals surface area (Å²) in [5, 5.41) is 0. The number of nitrogen functional groups attached to an aromatic ring is 1. The largest absolute Gasteiger partial charge is 0.396 e. The molecule has 0 spiro atoms. The molecular weight excluding hydrogens is 249 g/mol. The molecule has 19 heavy (non-hydrogen) atoms. The van der Waals surface area contributed by atoms with Crippen molar-refractivity contribution in [3.8, 4) is 0 Å². The minimum absolute atomic E-state index is 0.0235. The van der Waals surface area contributed by atoms with Gasteiger partial charge in [0.25, 0.3) is 5.56 Å². The van der Waals surface area contributed by atoms with Gasteiger partial charge in [-0.25, -0.2) is 9.18 Å². The third kappa shape index (κ3) is 2.57. The summed E-state index contributed by atoms with van der Waals surface area (Å²) in [6.07, 6.45) is 1.45. The van der Waals surface area contributed by atoms with Crippen molar-refractivity contribution in [1.29, 1.82) is 0 Å². The molecular formula is C13H14FN3O2. The van der Waals surface area contributed by atoms with Crippen LogP contribution >= 0.6 is 0 Å². The number of aryl methyl sites for hydroxylation is 1. The van der Waals surface area contributed by atoms with Gasteiger partial charge < -0.3 is 10.3 Å². The lowest BCUT2D eigenvalue weighted by molar-refractivity contribution is 0.594. The average Bonchev–Trinajstić information content (AvgIpc) is 2.39. The molecule has 6 heteroatoms. The summed E-state index contributed by atoms with van der Waals surface area (Å²) in [7, 11) is 0. The molecule has 1 aromatic carbocycles. The zero-order chi connectivity index (χ0) is 14.0. The summed E-state index contributed by atoms with van der Waals surface area (Å²) in [5.74, 6) is -0.558. The molecule has 0 bridgehead atoms. The van der Waals surface area contributed by atoms with Crippen molar-refractivity contribution >= 4 is 5.69 Å². The van der Waals surface area contributed by atoms with Crippen molar-refractivity contribution in [2.75, 3.05) is 5.73 Å². The van der Waals surface area contributed by atoms with Crippen LogP contribution in [0.4, 0.5) is 10.1 Å². The van der Waals surface area contributed by atoms with Gasteiger partial charge in [-0.1, -0.05) is 6.07 Å². The fourth-order valence-electron chi connectivity index (χ4n) is 1.79. The minimum atomic E-state index is -0.558. The van der Waals surface area contributed by atoms with Crippen LogP contribution in [0, 0.1) is 5.82 Å². The number of anilines is 1. The molecule has 2 aromatic rings. The molecule has 0 unspecified atom stereocenters. The summed E-state index contributed by atoms with van der Waals surface area (Å²) in [4.78, 5) is 23.7. The molecule has 0 atom stereocenters. The van der Waals surface area contributed by atoms with E-state index < -0.39 is 17.1 Å². The van der Waals surface area contributed by atoms with Gasteiger partial charge in [-0.15, -0.1) is 0 Å². The lowest BCUT2D eigenvalue weighted by Gasteiger charge is -2.08. The van der Waals surface area contributed by atoms with Crippen LogP contribution in [0.25, 0.3) is 0 Å². The van der Waals surface area contributed by atoms with Crippen LogP contribution in [0.5, 0.6) is 0 Å². The number of rotatable bonds is 3. The SMILES string of the molecule is CCn1ccc(=O)n(Cc2ccc(N)c(F)c2)c1=O. The van der Waals surface area contributed by atoms with E-state index in [1.54, 1.807) is 13.0 Å². The van der Waals surface area contributed by atoms with Gasteiger partial charge >= 0.3 is 5.69 Å². The maximum atomic E-state index is 13.3. The van der Waals surface area contributed by atoms with Crippen LogP contribution in [-0.2, 0) is 13.1 Å². The maximum Gasteiger partial charge on any atom is 0.331 e. The van der Waals surface area contributed by atoms with Crippen molar-refractivity contribution in [2.45, 2.75) is 20.0 Å². The lowest BCUT2D eigenvalue weighted by Crippen LogP contribution is -2.39. The maximum absolute atomic E-state index is 13.3. The van der Waals surface area contributed by atoms with E-state index in [-0.39, 0.29) is 12.2 Å². The first-order valence-electron chi connectivity index (χ1n) is 5.87. The monoisotopic (exact) mass is 263 g/mol. The van der Waals surface area contributed by atoms with Crippen LogP contribution in [0.2, 0.25) is 0 Å². The smallest absolute Gasteiger partial charge is 0.331 e. The predicted octanol–water partition coefficient (Wildman–Crippen LogP) is 0.800. The Hall–Kier alpha value is -2.37.